The zero-order chi connectivity index (χ0) is 20.6. The summed E-state index contributed by atoms with van der Waals surface area (Å²) in [6, 6.07) is 1.15. The van der Waals surface area contributed by atoms with Crippen molar-refractivity contribution in [3.05, 3.63) is 0 Å². The fourth-order valence-corrected chi connectivity index (χ4v) is 7.67. The smallest absolute Gasteiger partial charge is 0.226 e. The molecule has 3 atom stereocenters. The van der Waals surface area contributed by atoms with E-state index in [0.29, 0.717) is 29.8 Å². The van der Waals surface area contributed by atoms with Gasteiger partial charge in [0.1, 0.15) is 0 Å². The molecule has 0 spiro atoms. The molecule has 2 heteroatoms. The molecule has 1 heterocycles. The molecule has 172 valence electrons. The topological polar surface area (TPSA) is 20.3 Å². The van der Waals surface area contributed by atoms with Crippen LogP contribution < -0.4 is 0 Å². The summed E-state index contributed by atoms with van der Waals surface area (Å²) in [5.41, 5.74) is 0. The van der Waals surface area contributed by atoms with Crippen molar-refractivity contribution < 1.29 is 4.79 Å². The molecule has 1 aliphatic heterocycles. The average Bonchev–Trinajstić information content (AvgIpc) is 3.11. The molecule has 2 nitrogen and oxygen atoms in total. The van der Waals surface area contributed by atoms with E-state index < -0.39 is 0 Å². The highest BCUT2D eigenvalue weighted by Crippen LogP contribution is 2.46. The van der Waals surface area contributed by atoms with Crippen molar-refractivity contribution in [2.24, 2.45) is 17.8 Å². The summed E-state index contributed by atoms with van der Waals surface area (Å²) in [6.45, 7) is 0. The van der Waals surface area contributed by atoms with Gasteiger partial charge in [0.25, 0.3) is 0 Å². The lowest BCUT2D eigenvalue weighted by molar-refractivity contribution is -0.135. The Morgan fingerprint density at radius 1 is 0.500 bits per heavy atom. The van der Waals surface area contributed by atoms with Gasteiger partial charge in [-0.15, -0.1) is 0 Å². The summed E-state index contributed by atoms with van der Waals surface area (Å²) in [5, 5.41) is 0. The van der Waals surface area contributed by atoms with Crippen LogP contribution in [0.3, 0.4) is 0 Å². The number of likely N-dealkylation sites (tertiary alicyclic amines) is 1. The number of nitrogens with zero attached hydrogens (tertiary/aromatic N) is 1. The second kappa shape index (κ2) is 11.9. The third-order valence-corrected chi connectivity index (χ3v) is 9.25. The molecule has 1 amide bonds. The van der Waals surface area contributed by atoms with Gasteiger partial charge in [0.05, 0.1) is 0 Å². The molecule has 0 N–H and O–H groups in total. The van der Waals surface area contributed by atoms with E-state index in [9.17, 15) is 4.79 Å². The van der Waals surface area contributed by atoms with E-state index >= 15 is 0 Å². The van der Waals surface area contributed by atoms with Gasteiger partial charge in [-0.05, 0) is 50.4 Å². The Morgan fingerprint density at radius 2 is 0.933 bits per heavy atom. The van der Waals surface area contributed by atoms with Gasteiger partial charge in [0.15, 0.2) is 0 Å². The summed E-state index contributed by atoms with van der Waals surface area (Å²) < 4.78 is 0. The van der Waals surface area contributed by atoms with Crippen LogP contribution in [-0.4, -0.2) is 22.9 Å². The van der Waals surface area contributed by atoms with Crippen molar-refractivity contribution in [1.82, 2.24) is 4.90 Å². The van der Waals surface area contributed by atoms with Crippen molar-refractivity contribution in [2.75, 3.05) is 0 Å². The summed E-state index contributed by atoms with van der Waals surface area (Å²) in [5.74, 6) is 2.43. The van der Waals surface area contributed by atoms with E-state index in [1.54, 1.807) is 0 Å². The van der Waals surface area contributed by atoms with Gasteiger partial charge in [0, 0.05) is 18.0 Å². The Labute approximate surface area is 186 Å². The Bertz CT molecular complexity index is 499. The number of hydrogen-bond donors (Lipinski definition) is 0. The summed E-state index contributed by atoms with van der Waals surface area (Å²) >= 11 is 0. The average molecular weight is 416 g/mol. The molecule has 3 unspecified atom stereocenters. The molecule has 0 aromatic heterocycles. The molecule has 4 rings (SSSR count). The zero-order valence-corrected chi connectivity index (χ0v) is 19.8. The fraction of sp³-hybridized carbons (Fsp3) is 0.964. The number of fused-ring (bicyclic) bond motifs is 1. The predicted octanol–water partition coefficient (Wildman–Crippen LogP) is 8.04. The molecule has 1 saturated heterocycles. The number of carbonyl (C=O) groups is 1. The summed E-state index contributed by atoms with van der Waals surface area (Å²) in [6.07, 6.45) is 30.1. The highest BCUT2D eigenvalue weighted by molar-refractivity contribution is 5.82. The van der Waals surface area contributed by atoms with Crippen molar-refractivity contribution in [3.63, 3.8) is 0 Å². The van der Waals surface area contributed by atoms with Crippen LogP contribution >= 0.6 is 0 Å². The number of carbonyl (C=O) groups excluding carboxylic acids is 1. The first-order valence-electron chi connectivity index (χ1n) is 14.2. The van der Waals surface area contributed by atoms with Crippen molar-refractivity contribution in [3.8, 4) is 0 Å². The van der Waals surface area contributed by atoms with Gasteiger partial charge in [-0.25, -0.2) is 0 Å². The van der Waals surface area contributed by atoms with Gasteiger partial charge in [-0.2, -0.15) is 0 Å². The molecule has 4 aliphatic rings. The van der Waals surface area contributed by atoms with Crippen molar-refractivity contribution in [2.45, 2.75) is 153 Å². The maximum Gasteiger partial charge on any atom is 0.226 e. The van der Waals surface area contributed by atoms with E-state index in [1.807, 2.05) is 0 Å². The molecule has 0 bridgehead atoms. The van der Waals surface area contributed by atoms with E-state index in [4.69, 9.17) is 0 Å². The highest BCUT2D eigenvalue weighted by atomic mass is 16.2. The molecule has 0 aromatic carbocycles. The van der Waals surface area contributed by atoms with Crippen molar-refractivity contribution >= 4 is 5.91 Å². The first kappa shape index (κ1) is 22.7. The largest absolute Gasteiger partial charge is 0.336 e. The number of hydrogen-bond acceptors (Lipinski definition) is 1. The van der Waals surface area contributed by atoms with Crippen LogP contribution in [0.15, 0.2) is 0 Å². The van der Waals surface area contributed by atoms with Crippen LogP contribution in [0.2, 0.25) is 0 Å². The fourth-order valence-electron chi connectivity index (χ4n) is 7.67. The van der Waals surface area contributed by atoms with Crippen LogP contribution in [0.5, 0.6) is 0 Å². The first-order chi connectivity index (χ1) is 14.9. The molecule has 4 fully saturated rings. The Hall–Kier alpha value is -0.530. The van der Waals surface area contributed by atoms with Crippen LogP contribution in [0, 0.1) is 17.8 Å². The minimum atomic E-state index is 0.367. The standard InChI is InChI=1S/C28H49NO/c30-28-26-22-16-10-4-9-15-21-25(26)27(23-17-11-5-1-2-6-12-18-23)29(28)24-19-13-7-3-8-14-20-24/h23-27H,1-22H2. The Balaban J connectivity index is 1.60. The highest BCUT2D eigenvalue weighted by Gasteiger charge is 2.51. The molecule has 3 aliphatic carbocycles. The van der Waals surface area contributed by atoms with E-state index in [-0.39, 0.29) is 0 Å². The van der Waals surface area contributed by atoms with Crippen LogP contribution in [0.25, 0.3) is 0 Å². The van der Waals surface area contributed by atoms with E-state index in [2.05, 4.69) is 4.90 Å². The van der Waals surface area contributed by atoms with Crippen LogP contribution in [0.1, 0.15) is 141 Å². The Kier molecular flexibility index (Phi) is 9.00. The van der Waals surface area contributed by atoms with Crippen LogP contribution in [-0.2, 0) is 4.79 Å². The first-order valence-corrected chi connectivity index (χ1v) is 14.2. The molecule has 0 radical (unpaired) electrons. The van der Waals surface area contributed by atoms with Gasteiger partial charge < -0.3 is 4.90 Å². The Morgan fingerprint density at radius 3 is 1.50 bits per heavy atom. The lowest BCUT2D eigenvalue weighted by Crippen LogP contribution is -2.47. The van der Waals surface area contributed by atoms with Crippen molar-refractivity contribution in [1.29, 1.82) is 0 Å². The lowest BCUT2D eigenvalue weighted by atomic mass is 9.76. The monoisotopic (exact) mass is 415 g/mol. The predicted molar refractivity (Wildman–Crippen MR) is 126 cm³/mol. The third-order valence-electron chi connectivity index (χ3n) is 9.25. The minimum Gasteiger partial charge on any atom is -0.336 e. The lowest BCUT2D eigenvalue weighted by Gasteiger charge is -2.40. The number of rotatable bonds is 2. The summed E-state index contributed by atoms with van der Waals surface area (Å²) in [7, 11) is 0. The maximum absolute atomic E-state index is 14.0. The zero-order valence-electron chi connectivity index (χ0n) is 19.8. The second-order valence-electron chi connectivity index (χ2n) is 11.3. The quantitative estimate of drug-likeness (QED) is 0.447. The van der Waals surface area contributed by atoms with Gasteiger partial charge in [0.2, 0.25) is 5.91 Å². The van der Waals surface area contributed by atoms with E-state index in [1.165, 1.54) is 141 Å². The molecular weight excluding hydrogens is 366 g/mol. The van der Waals surface area contributed by atoms with Gasteiger partial charge in [-0.3, -0.25) is 4.79 Å². The van der Waals surface area contributed by atoms with Gasteiger partial charge >= 0.3 is 0 Å². The molecule has 0 aromatic rings. The van der Waals surface area contributed by atoms with E-state index in [0.717, 1.165) is 5.92 Å². The van der Waals surface area contributed by atoms with Crippen LogP contribution in [0.4, 0.5) is 0 Å². The summed E-state index contributed by atoms with van der Waals surface area (Å²) in [4.78, 5) is 16.6. The third kappa shape index (κ3) is 5.63. The molecular formula is C28H49NO. The molecule has 3 saturated carbocycles. The van der Waals surface area contributed by atoms with Gasteiger partial charge in [-0.1, -0.05) is 103 Å². The SMILES string of the molecule is O=C1C2CCCCCCCC2C(C2CCCCCCCC2)N1C1CCCCCCC1. The second-order valence-corrected chi connectivity index (χ2v) is 11.3. The maximum atomic E-state index is 14.0. The normalized spacial score (nSPS) is 34.5. The minimum absolute atomic E-state index is 0.367. The molecule has 30 heavy (non-hydrogen) atoms. The number of amides is 1.